The smallest absolute Gasteiger partial charge is 0.272 e. The molecule has 0 spiro atoms. The molecule has 0 unspecified atom stereocenters. The van der Waals surface area contributed by atoms with Crippen LogP contribution < -0.4 is 15.0 Å². The second-order valence-electron chi connectivity index (χ2n) is 6.34. The number of aromatic amines is 1. The molecule has 7 nitrogen and oxygen atoms in total. The maximum absolute atomic E-state index is 12.1. The number of aryl methyl sites for hydroxylation is 1. The van der Waals surface area contributed by atoms with Crippen molar-refractivity contribution in [2.45, 2.75) is 19.9 Å². The number of aromatic nitrogens is 3. The highest BCUT2D eigenvalue weighted by molar-refractivity contribution is 5.39. The number of benzene rings is 1. The van der Waals surface area contributed by atoms with Crippen molar-refractivity contribution in [1.29, 1.82) is 0 Å². The number of nitrogens with one attached hydrogen (secondary N) is 1. The lowest BCUT2D eigenvalue weighted by Crippen LogP contribution is -2.23. The quantitative estimate of drug-likeness (QED) is 0.627. The minimum Gasteiger partial charge on any atom is -0.497 e. The molecule has 1 N–H and O–H groups in total. The summed E-state index contributed by atoms with van der Waals surface area (Å²) in [6.45, 7) is 3.98. The van der Waals surface area contributed by atoms with E-state index in [4.69, 9.17) is 9.47 Å². The van der Waals surface area contributed by atoms with E-state index in [2.05, 4.69) is 15.0 Å². The van der Waals surface area contributed by atoms with Crippen LogP contribution in [0.15, 0.2) is 41.2 Å². The Morgan fingerprint density at radius 2 is 2.04 bits per heavy atom. The van der Waals surface area contributed by atoms with Crippen LogP contribution >= 0.6 is 0 Å². The van der Waals surface area contributed by atoms with Crippen molar-refractivity contribution >= 4 is 5.65 Å². The lowest BCUT2D eigenvalue weighted by Gasteiger charge is -2.16. The second kappa shape index (κ2) is 8.05. The molecule has 2 aromatic heterocycles. The number of hydrogen-bond acceptors (Lipinski definition) is 5. The summed E-state index contributed by atoms with van der Waals surface area (Å²) in [7, 11) is 3.65. The topological polar surface area (TPSA) is 71.9 Å². The highest BCUT2D eigenvalue weighted by atomic mass is 16.5. The molecule has 0 fully saturated rings. The zero-order valence-corrected chi connectivity index (χ0v) is 15.4. The molecule has 3 aromatic rings. The van der Waals surface area contributed by atoms with Crippen LogP contribution in [0.25, 0.3) is 5.65 Å². The Morgan fingerprint density at radius 1 is 1.23 bits per heavy atom. The van der Waals surface area contributed by atoms with Gasteiger partial charge in [0.05, 0.1) is 19.4 Å². The van der Waals surface area contributed by atoms with Gasteiger partial charge in [-0.25, -0.2) is 9.50 Å². The molecule has 0 radical (unpaired) electrons. The molecule has 1 aromatic carbocycles. The van der Waals surface area contributed by atoms with Gasteiger partial charge in [-0.05, 0) is 32.5 Å². The Labute approximate surface area is 152 Å². The van der Waals surface area contributed by atoms with Gasteiger partial charge in [0.15, 0.2) is 5.65 Å². The third-order valence-electron chi connectivity index (χ3n) is 4.06. The molecule has 0 saturated heterocycles. The van der Waals surface area contributed by atoms with E-state index in [1.165, 1.54) is 4.52 Å². The van der Waals surface area contributed by atoms with Crippen molar-refractivity contribution in [2.75, 3.05) is 27.3 Å². The highest BCUT2D eigenvalue weighted by Gasteiger charge is 2.07. The van der Waals surface area contributed by atoms with E-state index in [1.54, 1.807) is 13.2 Å². The molecular formula is C19H24N4O3. The molecule has 26 heavy (non-hydrogen) atoms. The second-order valence-corrected chi connectivity index (χ2v) is 6.34. The first-order chi connectivity index (χ1) is 12.5. The molecule has 0 saturated carbocycles. The van der Waals surface area contributed by atoms with E-state index >= 15 is 0 Å². The largest absolute Gasteiger partial charge is 0.497 e. The summed E-state index contributed by atoms with van der Waals surface area (Å²) in [5.74, 6) is 1.59. The summed E-state index contributed by atoms with van der Waals surface area (Å²) in [4.78, 5) is 18.8. The molecule has 0 amide bonds. The van der Waals surface area contributed by atoms with Crippen LogP contribution in [-0.4, -0.2) is 46.8 Å². The van der Waals surface area contributed by atoms with Crippen molar-refractivity contribution in [3.8, 4) is 11.5 Å². The van der Waals surface area contributed by atoms with E-state index in [0.29, 0.717) is 18.8 Å². The van der Waals surface area contributed by atoms with Gasteiger partial charge in [0, 0.05) is 37.0 Å². The Kier molecular flexibility index (Phi) is 5.58. The number of hydrogen-bond donors (Lipinski definition) is 1. The van der Waals surface area contributed by atoms with Gasteiger partial charge in [-0.15, -0.1) is 0 Å². The van der Waals surface area contributed by atoms with E-state index < -0.39 is 0 Å². The zero-order chi connectivity index (χ0) is 18.5. The van der Waals surface area contributed by atoms with Gasteiger partial charge in [0.2, 0.25) is 0 Å². The third kappa shape index (κ3) is 4.43. The molecule has 0 aliphatic rings. The van der Waals surface area contributed by atoms with Crippen molar-refractivity contribution in [3.05, 3.63) is 58.1 Å². The molecular weight excluding hydrogens is 332 g/mol. The summed E-state index contributed by atoms with van der Waals surface area (Å²) >= 11 is 0. The lowest BCUT2D eigenvalue weighted by molar-refractivity contribution is 0.256. The number of H-pyrrole nitrogens is 1. The minimum atomic E-state index is -0.0899. The average Bonchev–Trinajstić information content (AvgIpc) is 3.00. The van der Waals surface area contributed by atoms with Crippen molar-refractivity contribution in [1.82, 2.24) is 19.5 Å². The molecule has 0 aliphatic heterocycles. The number of nitrogens with zero attached hydrogens (tertiary/aromatic N) is 3. The van der Waals surface area contributed by atoms with Gasteiger partial charge >= 0.3 is 0 Å². The highest BCUT2D eigenvalue weighted by Crippen LogP contribution is 2.18. The molecule has 3 rings (SSSR count). The Hall–Kier alpha value is -2.80. The molecule has 138 valence electrons. The third-order valence-corrected chi connectivity index (χ3v) is 4.06. The summed E-state index contributed by atoms with van der Waals surface area (Å²) in [6.07, 6.45) is 0.873. The Morgan fingerprint density at radius 3 is 2.85 bits per heavy atom. The normalized spacial score (nSPS) is 11.2. The van der Waals surface area contributed by atoms with Gasteiger partial charge in [-0.3, -0.25) is 9.89 Å². The van der Waals surface area contributed by atoms with E-state index in [-0.39, 0.29) is 5.56 Å². The van der Waals surface area contributed by atoms with Crippen LogP contribution in [0.4, 0.5) is 0 Å². The maximum atomic E-state index is 12.1. The van der Waals surface area contributed by atoms with Crippen LogP contribution in [-0.2, 0) is 6.54 Å². The van der Waals surface area contributed by atoms with Crippen LogP contribution in [0, 0.1) is 6.92 Å². The first-order valence-corrected chi connectivity index (χ1v) is 8.59. The van der Waals surface area contributed by atoms with E-state index in [9.17, 15) is 4.79 Å². The number of ether oxygens (including phenoxy) is 2. The van der Waals surface area contributed by atoms with Crippen molar-refractivity contribution in [3.63, 3.8) is 0 Å². The molecule has 0 aliphatic carbocycles. The summed E-state index contributed by atoms with van der Waals surface area (Å²) in [5, 5.41) is 2.98. The predicted octanol–water partition coefficient (Wildman–Crippen LogP) is 2.24. The molecule has 0 bridgehead atoms. The SMILES string of the molecule is COc1cccc(OCCCN(C)Cc2cc(=O)n3[nH]c(C)cc3n2)c1. The number of methoxy groups -OCH3 is 1. The number of fused-ring (bicyclic) bond motifs is 1. The van der Waals surface area contributed by atoms with Crippen molar-refractivity contribution < 1.29 is 9.47 Å². The first kappa shape index (κ1) is 18.0. The zero-order valence-electron chi connectivity index (χ0n) is 15.4. The van der Waals surface area contributed by atoms with Crippen molar-refractivity contribution in [2.24, 2.45) is 0 Å². The van der Waals surface area contributed by atoms with Gasteiger partial charge in [-0.1, -0.05) is 6.07 Å². The van der Waals surface area contributed by atoms with Gasteiger partial charge in [-0.2, -0.15) is 0 Å². The van der Waals surface area contributed by atoms with Gasteiger partial charge in [0.1, 0.15) is 11.5 Å². The summed E-state index contributed by atoms with van der Waals surface area (Å²) in [5.41, 5.74) is 2.24. The van der Waals surface area contributed by atoms with Crippen LogP contribution in [0.5, 0.6) is 11.5 Å². The van der Waals surface area contributed by atoms with E-state index in [1.807, 2.05) is 44.3 Å². The first-order valence-electron chi connectivity index (χ1n) is 8.59. The Balaban J connectivity index is 1.49. The van der Waals surface area contributed by atoms with Crippen LogP contribution in [0.1, 0.15) is 17.8 Å². The van der Waals surface area contributed by atoms with Crippen LogP contribution in [0.3, 0.4) is 0 Å². The predicted molar refractivity (Wildman–Crippen MR) is 100.0 cm³/mol. The minimum absolute atomic E-state index is 0.0899. The fourth-order valence-electron chi connectivity index (χ4n) is 2.81. The molecule has 7 heteroatoms. The van der Waals surface area contributed by atoms with E-state index in [0.717, 1.165) is 35.9 Å². The summed E-state index contributed by atoms with van der Waals surface area (Å²) in [6, 6.07) is 11.0. The standard InChI is InChI=1S/C19H24N4O3/c1-14-10-18-20-15(11-19(24)23(18)21-14)13-22(2)8-5-9-26-17-7-4-6-16(12-17)25-3/h4,6-7,10-12,21H,5,8-9,13H2,1-3H3. The fourth-order valence-corrected chi connectivity index (χ4v) is 2.81. The monoisotopic (exact) mass is 356 g/mol. The Bertz CT molecular complexity index is 932. The fraction of sp³-hybridized carbons (Fsp3) is 0.368. The van der Waals surface area contributed by atoms with Crippen LogP contribution in [0.2, 0.25) is 0 Å². The summed E-state index contributed by atoms with van der Waals surface area (Å²) < 4.78 is 12.4. The van der Waals surface area contributed by atoms with Gasteiger partial charge in [0.25, 0.3) is 5.56 Å². The lowest BCUT2D eigenvalue weighted by atomic mass is 10.3. The molecule has 2 heterocycles. The van der Waals surface area contributed by atoms with Gasteiger partial charge < -0.3 is 14.4 Å². The average molecular weight is 356 g/mol. The number of rotatable bonds is 8. The maximum Gasteiger partial charge on any atom is 0.272 e. The molecule has 0 atom stereocenters.